The monoisotopic (exact) mass is 306 g/mol. The maximum absolute atomic E-state index is 12.6. The van der Waals surface area contributed by atoms with Crippen molar-refractivity contribution in [2.75, 3.05) is 0 Å². The Morgan fingerprint density at radius 1 is 1.36 bits per heavy atom. The number of carbonyl (C=O) groups is 1. The van der Waals surface area contributed by atoms with E-state index in [1.165, 1.54) is 0 Å². The summed E-state index contributed by atoms with van der Waals surface area (Å²) in [5.41, 5.74) is 3.02. The van der Waals surface area contributed by atoms with Crippen LogP contribution in [0, 0.1) is 11.3 Å². The number of hydrogen-bond donors (Lipinski definition) is 2. The first kappa shape index (κ1) is 16.0. The van der Waals surface area contributed by atoms with E-state index >= 15 is 0 Å². The van der Waals surface area contributed by atoms with Crippen LogP contribution in [0.15, 0.2) is 12.2 Å². The van der Waals surface area contributed by atoms with Crippen molar-refractivity contribution in [1.29, 1.82) is 0 Å². The third-order valence-electron chi connectivity index (χ3n) is 6.61. The molecule has 2 aliphatic heterocycles. The van der Waals surface area contributed by atoms with E-state index < -0.39 is 0 Å². The number of hydrazine groups is 1. The van der Waals surface area contributed by atoms with Gasteiger partial charge in [-0.2, -0.15) is 0 Å². The first-order chi connectivity index (χ1) is 10.3. The second kappa shape index (κ2) is 5.07. The van der Waals surface area contributed by atoms with Gasteiger partial charge in [-0.25, -0.2) is 5.43 Å². The van der Waals surface area contributed by atoms with Crippen LogP contribution in [0.2, 0.25) is 0 Å². The highest BCUT2D eigenvalue weighted by atomic mass is 16.3. The second-order valence-electron chi connectivity index (χ2n) is 7.89. The summed E-state index contributed by atoms with van der Waals surface area (Å²) < 4.78 is 0. The Kier molecular flexibility index (Phi) is 3.69. The topological polar surface area (TPSA) is 52.6 Å². The maximum atomic E-state index is 12.6. The summed E-state index contributed by atoms with van der Waals surface area (Å²) in [7, 11) is 0. The number of nitrogens with zero attached hydrogens (tertiary/aromatic N) is 1. The van der Waals surface area contributed by atoms with Gasteiger partial charge in [0.25, 0.3) is 0 Å². The van der Waals surface area contributed by atoms with E-state index in [-0.39, 0.29) is 28.5 Å². The Bertz CT molecular complexity index is 505. The predicted molar refractivity (Wildman–Crippen MR) is 86.9 cm³/mol. The smallest absolute Gasteiger partial charge is 0.237 e. The van der Waals surface area contributed by atoms with Gasteiger partial charge in [0.1, 0.15) is 0 Å². The Labute approximate surface area is 133 Å². The summed E-state index contributed by atoms with van der Waals surface area (Å²) in [4.78, 5) is 12.6. The first-order valence-electron chi connectivity index (χ1n) is 8.82. The minimum atomic E-state index is -0.380. The fourth-order valence-electron chi connectivity index (χ4n) is 5.43. The molecule has 0 aromatic carbocycles. The van der Waals surface area contributed by atoms with Crippen LogP contribution in [0.25, 0.3) is 0 Å². The molecule has 2 N–H and O–H groups in total. The number of rotatable bonds is 3. The molecule has 4 rings (SSSR count). The molecule has 1 saturated heterocycles. The minimum Gasteiger partial charge on any atom is -0.393 e. The molecule has 0 aromatic heterocycles. The average molecular weight is 306 g/mol. The summed E-state index contributed by atoms with van der Waals surface area (Å²) in [6.07, 6.45) is 9.42. The molecule has 2 bridgehead atoms. The van der Waals surface area contributed by atoms with Gasteiger partial charge in [0.2, 0.25) is 5.91 Å². The highest BCUT2D eigenvalue weighted by Crippen LogP contribution is 2.62. The molecule has 5 atom stereocenters. The molecule has 4 nitrogen and oxygen atoms in total. The second-order valence-corrected chi connectivity index (χ2v) is 7.89. The fraction of sp³-hybridized carbons (Fsp3) is 0.833. The summed E-state index contributed by atoms with van der Waals surface area (Å²) >= 11 is 0. The quantitative estimate of drug-likeness (QED) is 0.788. The Morgan fingerprint density at radius 2 is 2.09 bits per heavy atom. The number of aliphatic hydroxyl groups is 1. The Balaban J connectivity index is 2.14. The minimum absolute atomic E-state index is 0.0296. The summed E-state index contributed by atoms with van der Waals surface area (Å²) in [5, 5.41) is 12.2. The largest absolute Gasteiger partial charge is 0.393 e. The highest BCUT2D eigenvalue weighted by Gasteiger charge is 2.67. The molecule has 4 heteroatoms. The lowest BCUT2D eigenvalue weighted by Gasteiger charge is -2.70. The molecule has 1 spiro atoms. The van der Waals surface area contributed by atoms with Gasteiger partial charge in [0.05, 0.1) is 17.2 Å². The van der Waals surface area contributed by atoms with Crippen LogP contribution >= 0.6 is 0 Å². The van der Waals surface area contributed by atoms with E-state index in [1.54, 1.807) is 0 Å². The van der Waals surface area contributed by atoms with Crippen molar-refractivity contribution >= 4 is 5.91 Å². The van der Waals surface area contributed by atoms with Gasteiger partial charge in [-0.3, -0.25) is 9.80 Å². The van der Waals surface area contributed by atoms with Gasteiger partial charge in [-0.1, -0.05) is 39.3 Å². The van der Waals surface area contributed by atoms with Gasteiger partial charge in [-0.05, 0) is 32.1 Å². The molecule has 0 aromatic rings. The van der Waals surface area contributed by atoms with Crippen LogP contribution in [0.3, 0.4) is 0 Å². The molecule has 5 unspecified atom stereocenters. The van der Waals surface area contributed by atoms with E-state index in [2.05, 4.69) is 38.3 Å². The van der Waals surface area contributed by atoms with Crippen LogP contribution in [0.5, 0.6) is 0 Å². The lowest BCUT2D eigenvalue weighted by molar-refractivity contribution is -0.202. The van der Waals surface area contributed by atoms with Gasteiger partial charge in [-0.15, -0.1) is 0 Å². The molecule has 0 radical (unpaired) electrons. The van der Waals surface area contributed by atoms with Crippen LogP contribution in [0.4, 0.5) is 0 Å². The summed E-state index contributed by atoms with van der Waals surface area (Å²) in [6.45, 7) is 8.71. The van der Waals surface area contributed by atoms with E-state index in [9.17, 15) is 9.90 Å². The number of amides is 1. The van der Waals surface area contributed by atoms with Crippen molar-refractivity contribution in [3.8, 4) is 0 Å². The predicted octanol–water partition coefficient (Wildman–Crippen LogP) is 2.78. The van der Waals surface area contributed by atoms with E-state index in [0.29, 0.717) is 18.8 Å². The molecule has 22 heavy (non-hydrogen) atoms. The van der Waals surface area contributed by atoms with Crippen molar-refractivity contribution in [2.45, 2.75) is 83.4 Å². The number of carbonyl (C=O) groups excluding carboxylic acids is 1. The van der Waals surface area contributed by atoms with E-state index in [1.807, 2.05) is 11.9 Å². The van der Waals surface area contributed by atoms with Crippen LogP contribution < -0.4 is 5.43 Å². The highest BCUT2D eigenvalue weighted by molar-refractivity contribution is 5.77. The SMILES string of the molecule is CCCC1C2(C)C=CC3(CC(O)CCC13C)N(C(=O)CC)N2. The molecule has 124 valence electrons. The molecule has 1 amide bonds. The number of nitrogens with one attached hydrogen (secondary N) is 1. The number of aliphatic hydroxyl groups excluding tert-OH is 1. The first-order valence-corrected chi connectivity index (χ1v) is 8.82. The summed E-state index contributed by atoms with van der Waals surface area (Å²) in [5.74, 6) is 0.620. The van der Waals surface area contributed by atoms with Crippen LogP contribution in [-0.4, -0.2) is 33.2 Å². The van der Waals surface area contributed by atoms with Crippen molar-refractivity contribution in [3.63, 3.8) is 0 Å². The molecule has 1 saturated carbocycles. The Hall–Kier alpha value is -0.870. The van der Waals surface area contributed by atoms with Crippen molar-refractivity contribution in [2.24, 2.45) is 11.3 Å². The van der Waals surface area contributed by atoms with Crippen molar-refractivity contribution in [3.05, 3.63) is 12.2 Å². The maximum Gasteiger partial charge on any atom is 0.237 e. The zero-order chi connectivity index (χ0) is 16.2. The molecular formula is C18H30N2O2. The van der Waals surface area contributed by atoms with Gasteiger partial charge in [0, 0.05) is 18.3 Å². The summed E-state index contributed by atoms with van der Waals surface area (Å²) in [6, 6.07) is 0. The van der Waals surface area contributed by atoms with E-state index in [0.717, 1.165) is 25.7 Å². The number of hydrogen-bond acceptors (Lipinski definition) is 3. The standard InChI is InChI=1S/C18H30N2O2/c1-5-7-14-16(3)9-8-13(21)12-18(16)11-10-17(14,4)19-20(18)15(22)6-2/h10-11,13-14,19,21H,5-9,12H2,1-4H3. The van der Waals surface area contributed by atoms with Crippen molar-refractivity contribution in [1.82, 2.24) is 10.4 Å². The lowest BCUT2D eigenvalue weighted by atomic mass is 9.47. The lowest BCUT2D eigenvalue weighted by Crippen LogP contribution is -2.81. The van der Waals surface area contributed by atoms with Crippen LogP contribution in [-0.2, 0) is 4.79 Å². The van der Waals surface area contributed by atoms with Gasteiger partial charge in [0.15, 0.2) is 0 Å². The van der Waals surface area contributed by atoms with Crippen LogP contribution in [0.1, 0.15) is 66.2 Å². The van der Waals surface area contributed by atoms with Crippen molar-refractivity contribution < 1.29 is 9.90 Å². The third-order valence-corrected chi connectivity index (χ3v) is 6.61. The molecule has 4 aliphatic rings. The van der Waals surface area contributed by atoms with Gasteiger partial charge < -0.3 is 5.11 Å². The normalized spacial score (nSPS) is 46.7. The van der Waals surface area contributed by atoms with E-state index in [4.69, 9.17) is 0 Å². The molecule has 2 fully saturated rings. The average Bonchev–Trinajstić information content (AvgIpc) is 2.49. The number of fused-ring (bicyclic) bond motifs is 1. The zero-order valence-corrected chi connectivity index (χ0v) is 14.4. The molecular weight excluding hydrogens is 276 g/mol. The molecule has 2 heterocycles. The Morgan fingerprint density at radius 3 is 2.73 bits per heavy atom. The van der Waals surface area contributed by atoms with Gasteiger partial charge >= 0.3 is 0 Å². The molecule has 2 aliphatic carbocycles. The fourth-order valence-corrected chi connectivity index (χ4v) is 5.43. The third kappa shape index (κ3) is 1.86. The zero-order valence-electron chi connectivity index (χ0n) is 14.4.